The molecule has 0 fully saturated rings. The molecule has 2 aromatic carbocycles. The van der Waals surface area contributed by atoms with Crippen LogP contribution in [0.5, 0.6) is 0 Å². The van der Waals surface area contributed by atoms with E-state index >= 15 is 0 Å². The normalized spacial score (nSPS) is 11.0. The number of fused-ring (bicyclic) bond motifs is 1. The predicted octanol–water partition coefficient (Wildman–Crippen LogP) is 4.38. The van der Waals surface area contributed by atoms with Crippen LogP contribution in [0.2, 0.25) is 0 Å². The molecule has 0 aliphatic heterocycles. The van der Waals surface area contributed by atoms with E-state index in [-0.39, 0.29) is 0 Å². The lowest BCUT2D eigenvalue weighted by molar-refractivity contribution is 0.865. The van der Waals surface area contributed by atoms with Gasteiger partial charge in [0.05, 0.1) is 11.0 Å². The number of aromatic amines is 1. The molecule has 0 aliphatic carbocycles. The van der Waals surface area contributed by atoms with E-state index in [1.807, 2.05) is 18.2 Å². The molecule has 1 aromatic heterocycles. The summed E-state index contributed by atoms with van der Waals surface area (Å²) in [5, 5.41) is 0. The van der Waals surface area contributed by atoms with E-state index in [0.717, 1.165) is 29.9 Å². The van der Waals surface area contributed by atoms with E-state index in [9.17, 15) is 0 Å². The molecule has 1 N–H and O–H groups in total. The summed E-state index contributed by atoms with van der Waals surface area (Å²) in [6.07, 6.45) is 0. The Bertz CT molecular complexity index is 721. The first kappa shape index (κ1) is 13.7. The fourth-order valence-electron chi connectivity index (χ4n) is 2.78. The lowest BCUT2D eigenvalue weighted by Crippen LogP contribution is -2.21. The van der Waals surface area contributed by atoms with Crippen LogP contribution in [0.25, 0.3) is 22.4 Å². The summed E-state index contributed by atoms with van der Waals surface area (Å²) in [6.45, 7) is 8.58. The molecule has 108 valence electrons. The van der Waals surface area contributed by atoms with Gasteiger partial charge in [-0.3, -0.25) is 0 Å². The highest BCUT2D eigenvalue weighted by Gasteiger charge is 2.10. The minimum Gasteiger partial charge on any atom is -0.372 e. The van der Waals surface area contributed by atoms with Crippen molar-refractivity contribution >= 4 is 16.7 Å². The van der Waals surface area contributed by atoms with Crippen LogP contribution in [0, 0.1) is 6.92 Å². The number of para-hydroxylation sites is 2. The van der Waals surface area contributed by atoms with E-state index in [4.69, 9.17) is 0 Å². The first-order valence-corrected chi connectivity index (χ1v) is 7.53. The van der Waals surface area contributed by atoms with E-state index in [1.54, 1.807) is 0 Å². The topological polar surface area (TPSA) is 31.9 Å². The Labute approximate surface area is 125 Å². The van der Waals surface area contributed by atoms with Crippen molar-refractivity contribution in [3.8, 4) is 11.4 Å². The smallest absolute Gasteiger partial charge is 0.138 e. The number of aryl methyl sites for hydroxylation is 1. The molecule has 0 aliphatic rings. The minimum atomic E-state index is 0.944. The second-order valence-corrected chi connectivity index (χ2v) is 5.27. The van der Waals surface area contributed by atoms with Crippen LogP contribution >= 0.6 is 0 Å². The quantitative estimate of drug-likeness (QED) is 0.768. The Hall–Kier alpha value is -2.29. The van der Waals surface area contributed by atoms with Crippen molar-refractivity contribution in [2.24, 2.45) is 0 Å². The van der Waals surface area contributed by atoms with Gasteiger partial charge in [-0.25, -0.2) is 4.98 Å². The molecule has 0 spiro atoms. The Morgan fingerprint density at radius 1 is 1.05 bits per heavy atom. The summed E-state index contributed by atoms with van der Waals surface area (Å²) >= 11 is 0. The number of benzene rings is 2. The van der Waals surface area contributed by atoms with Crippen molar-refractivity contribution in [3.63, 3.8) is 0 Å². The molecule has 0 saturated carbocycles. The Morgan fingerprint density at radius 3 is 2.48 bits per heavy atom. The monoisotopic (exact) mass is 279 g/mol. The third-order valence-corrected chi connectivity index (χ3v) is 3.98. The molecular weight excluding hydrogens is 258 g/mol. The van der Waals surface area contributed by atoms with Gasteiger partial charge in [-0.05, 0) is 56.7 Å². The number of nitrogens with one attached hydrogen (secondary N) is 1. The van der Waals surface area contributed by atoms with Crippen molar-refractivity contribution in [3.05, 3.63) is 48.0 Å². The van der Waals surface area contributed by atoms with E-state index in [1.165, 1.54) is 16.8 Å². The van der Waals surface area contributed by atoms with Gasteiger partial charge in [-0.2, -0.15) is 0 Å². The third kappa shape index (κ3) is 2.51. The van der Waals surface area contributed by atoms with Crippen molar-refractivity contribution in [2.75, 3.05) is 18.0 Å². The first-order chi connectivity index (χ1) is 10.2. The number of hydrogen-bond donors (Lipinski definition) is 1. The van der Waals surface area contributed by atoms with Gasteiger partial charge < -0.3 is 9.88 Å². The second kappa shape index (κ2) is 5.60. The molecule has 0 bridgehead atoms. The zero-order valence-corrected chi connectivity index (χ0v) is 12.9. The number of rotatable bonds is 4. The maximum absolute atomic E-state index is 4.69. The highest BCUT2D eigenvalue weighted by Crippen LogP contribution is 2.27. The molecule has 0 unspecified atom stereocenters. The number of anilines is 1. The predicted molar refractivity (Wildman–Crippen MR) is 89.8 cm³/mol. The molecule has 3 rings (SSSR count). The van der Waals surface area contributed by atoms with Gasteiger partial charge in [0.2, 0.25) is 0 Å². The highest BCUT2D eigenvalue weighted by molar-refractivity contribution is 5.80. The van der Waals surface area contributed by atoms with Crippen LogP contribution in [0.3, 0.4) is 0 Å². The molecule has 0 saturated heterocycles. The van der Waals surface area contributed by atoms with Crippen molar-refractivity contribution in [1.29, 1.82) is 0 Å². The average molecular weight is 279 g/mol. The summed E-state index contributed by atoms with van der Waals surface area (Å²) in [5.74, 6) is 0.944. The largest absolute Gasteiger partial charge is 0.372 e. The molecule has 3 nitrogen and oxygen atoms in total. The Balaban J connectivity index is 2.02. The molecule has 0 radical (unpaired) electrons. The number of H-pyrrole nitrogens is 1. The maximum atomic E-state index is 4.69. The fraction of sp³-hybridized carbons (Fsp3) is 0.278. The van der Waals surface area contributed by atoms with Gasteiger partial charge in [-0.15, -0.1) is 0 Å². The summed E-state index contributed by atoms with van der Waals surface area (Å²) in [6, 6.07) is 14.7. The lowest BCUT2D eigenvalue weighted by atomic mass is 10.1. The molecular formula is C18H21N3. The van der Waals surface area contributed by atoms with Crippen LogP contribution in [0.15, 0.2) is 42.5 Å². The van der Waals surface area contributed by atoms with E-state index in [2.05, 4.69) is 59.9 Å². The Kier molecular flexibility index (Phi) is 3.65. The summed E-state index contributed by atoms with van der Waals surface area (Å²) in [7, 11) is 0. The van der Waals surface area contributed by atoms with Crippen LogP contribution in [0.4, 0.5) is 5.69 Å². The van der Waals surface area contributed by atoms with Gasteiger partial charge in [0.25, 0.3) is 0 Å². The van der Waals surface area contributed by atoms with Gasteiger partial charge in [0.15, 0.2) is 0 Å². The SMILES string of the molecule is CCN(CC)c1ccc(-c2nc3ccccc3[nH]2)c(C)c1. The highest BCUT2D eigenvalue weighted by atomic mass is 15.1. The van der Waals surface area contributed by atoms with Crippen molar-refractivity contribution in [2.45, 2.75) is 20.8 Å². The molecule has 0 amide bonds. The second-order valence-electron chi connectivity index (χ2n) is 5.27. The lowest BCUT2D eigenvalue weighted by Gasteiger charge is -2.22. The molecule has 1 heterocycles. The molecule has 3 aromatic rings. The van der Waals surface area contributed by atoms with Gasteiger partial charge >= 0.3 is 0 Å². The fourth-order valence-corrected chi connectivity index (χ4v) is 2.78. The number of imidazole rings is 1. The average Bonchev–Trinajstić information content (AvgIpc) is 2.92. The Morgan fingerprint density at radius 2 is 1.81 bits per heavy atom. The van der Waals surface area contributed by atoms with Gasteiger partial charge in [0.1, 0.15) is 5.82 Å². The number of aromatic nitrogens is 2. The van der Waals surface area contributed by atoms with Crippen LogP contribution < -0.4 is 4.90 Å². The van der Waals surface area contributed by atoms with Gasteiger partial charge in [0, 0.05) is 24.3 Å². The molecule has 0 atom stereocenters. The number of nitrogens with zero attached hydrogens (tertiary/aromatic N) is 2. The minimum absolute atomic E-state index is 0.944. The first-order valence-electron chi connectivity index (χ1n) is 7.53. The van der Waals surface area contributed by atoms with Crippen molar-refractivity contribution < 1.29 is 0 Å². The van der Waals surface area contributed by atoms with Crippen LogP contribution in [0.1, 0.15) is 19.4 Å². The van der Waals surface area contributed by atoms with E-state index < -0.39 is 0 Å². The third-order valence-electron chi connectivity index (χ3n) is 3.98. The van der Waals surface area contributed by atoms with E-state index in [0.29, 0.717) is 0 Å². The standard InChI is InChI=1S/C18H21N3/c1-4-21(5-2)14-10-11-15(13(3)12-14)18-19-16-8-6-7-9-17(16)20-18/h6-12H,4-5H2,1-3H3,(H,19,20). The summed E-state index contributed by atoms with van der Waals surface area (Å²) < 4.78 is 0. The van der Waals surface area contributed by atoms with Gasteiger partial charge in [-0.1, -0.05) is 12.1 Å². The molecule has 3 heteroatoms. The zero-order chi connectivity index (χ0) is 14.8. The summed E-state index contributed by atoms with van der Waals surface area (Å²) in [4.78, 5) is 10.5. The van der Waals surface area contributed by atoms with Crippen molar-refractivity contribution in [1.82, 2.24) is 9.97 Å². The maximum Gasteiger partial charge on any atom is 0.138 e. The summed E-state index contributed by atoms with van der Waals surface area (Å²) in [5.41, 5.74) is 5.79. The van der Waals surface area contributed by atoms with Crippen LogP contribution in [-0.4, -0.2) is 23.1 Å². The van der Waals surface area contributed by atoms with Crippen LogP contribution in [-0.2, 0) is 0 Å². The zero-order valence-electron chi connectivity index (χ0n) is 12.9. The number of hydrogen-bond acceptors (Lipinski definition) is 2. The molecule has 21 heavy (non-hydrogen) atoms.